The number of pyridine rings is 1. The van der Waals surface area contributed by atoms with Crippen LogP contribution in [0.3, 0.4) is 0 Å². The van der Waals surface area contributed by atoms with Crippen LogP contribution in [0.4, 0.5) is 5.13 Å². The Morgan fingerprint density at radius 2 is 1.93 bits per heavy atom. The molecular formula is C22H20N4O3S. The Balaban J connectivity index is 1.45. The lowest BCUT2D eigenvalue weighted by molar-refractivity contribution is 0.0958. The van der Waals surface area contributed by atoms with Crippen molar-refractivity contribution in [2.75, 3.05) is 18.9 Å². The number of nitrogens with one attached hydrogen (secondary N) is 2. The van der Waals surface area contributed by atoms with Gasteiger partial charge in [0.05, 0.1) is 16.3 Å². The third-order valence-corrected chi connectivity index (χ3v) is 5.39. The van der Waals surface area contributed by atoms with Crippen molar-refractivity contribution < 1.29 is 14.6 Å². The van der Waals surface area contributed by atoms with Gasteiger partial charge in [0, 0.05) is 31.9 Å². The molecule has 0 fully saturated rings. The first kappa shape index (κ1) is 19.8. The Kier molecular flexibility index (Phi) is 5.87. The molecule has 4 rings (SSSR count). The molecule has 30 heavy (non-hydrogen) atoms. The van der Waals surface area contributed by atoms with Gasteiger partial charge in [0.15, 0.2) is 5.13 Å². The predicted octanol–water partition coefficient (Wildman–Crippen LogP) is 3.99. The van der Waals surface area contributed by atoms with Gasteiger partial charge in [0.2, 0.25) is 0 Å². The molecule has 152 valence electrons. The summed E-state index contributed by atoms with van der Waals surface area (Å²) in [5.74, 6) is 0.889. The maximum atomic E-state index is 11.7. The maximum Gasteiger partial charge on any atom is 0.269 e. The van der Waals surface area contributed by atoms with Crippen LogP contribution in [-0.2, 0) is 0 Å². The number of anilines is 1. The Hall–Kier alpha value is -3.49. The summed E-state index contributed by atoms with van der Waals surface area (Å²) in [7, 11) is 1.56. The first-order valence-corrected chi connectivity index (χ1v) is 10.2. The van der Waals surface area contributed by atoms with Crippen LogP contribution in [0.1, 0.15) is 22.2 Å². The van der Waals surface area contributed by atoms with E-state index in [4.69, 9.17) is 4.74 Å². The van der Waals surface area contributed by atoms with Gasteiger partial charge in [-0.25, -0.2) is 4.98 Å². The fourth-order valence-electron chi connectivity index (χ4n) is 2.88. The molecule has 2 aromatic heterocycles. The van der Waals surface area contributed by atoms with Crippen LogP contribution in [0.25, 0.3) is 10.2 Å². The molecule has 2 heterocycles. The van der Waals surface area contributed by atoms with Gasteiger partial charge >= 0.3 is 0 Å². The number of amides is 1. The van der Waals surface area contributed by atoms with Crippen LogP contribution in [-0.4, -0.2) is 34.6 Å². The standard InChI is InChI=1S/C22H20N4O3S/c1-23-21(28)18-11-16(9-10-24-18)29-15-7-8-17-20(12-15)30-22(26-17)25-13-19(27)14-5-3-2-4-6-14/h2-12,19,27H,13H2,1H3,(H,23,28)(H,25,26)/t19-/m1/s1. The summed E-state index contributed by atoms with van der Waals surface area (Å²) in [5.41, 5.74) is 1.98. The summed E-state index contributed by atoms with van der Waals surface area (Å²) in [4.78, 5) is 20.3. The number of carbonyl (C=O) groups is 1. The van der Waals surface area contributed by atoms with E-state index in [1.54, 1.807) is 19.2 Å². The van der Waals surface area contributed by atoms with Crippen molar-refractivity contribution in [3.63, 3.8) is 0 Å². The smallest absolute Gasteiger partial charge is 0.269 e. The van der Waals surface area contributed by atoms with E-state index in [9.17, 15) is 9.90 Å². The van der Waals surface area contributed by atoms with Gasteiger partial charge in [0.25, 0.3) is 5.91 Å². The Labute approximate surface area is 177 Å². The molecule has 8 heteroatoms. The molecule has 0 aliphatic rings. The minimum absolute atomic E-state index is 0.272. The van der Waals surface area contributed by atoms with Crippen molar-refractivity contribution in [3.05, 3.63) is 78.1 Å². The summed E-state index contributed by atoms with van der Waals surface area (Å²) in [5, 5.41) is 16.8. The second-order valence-corrected chi connectivity index (χ2v) is 7.54. The largest absolute Gasteiger partial charge is 0.457 e. The lowest BCUT2D eigenvalue weighted by Crippen LogP contribution is -2.18. The van der Waals surface area contributed by atoms with E-state index >= 15 is 0 Å². The number of aromatic nitrogens is 2. The zero-order valence-corrected chi connectivity index (χ0v) is 17.0. The number of aliphatic hydroxyl groups excluding tert-OH is 1. The Morgan fingerprint density at radius 3 is 2.73 bits per heavy atom. The Bertz CT molecular complexity index is 1160. The van der Waals surface area contributed by atoms with E-state index in [0.29, 0.717) is 18.0 Å². The van der Waals surface area contributed by atoms with Crippen molar-refractivity contribution in [2.45, 2.75) is 6.10 Å². The second-order valence-electron chi connectivity index (χ2n) is 6.51. The monoisotopic (exact) mass is 420 g/mol. The predicted molar refractivity (Wildman–Crippen MR) is 117 cm³/mol. The minimum Gasteiger partial charge on any atom is -0.457 e. The fourth-order valence-corrected chi connectivity index (χ4v) is 3.79. The summed E-state index contributed by atoms with van der Waals surface area (Å²) in [6.07, 6.45) is 0.920. The fraction of sp³-hybridized carbons (Fsp3) is 0.136. The summed E-state index contributed by atoms with van der Waals surface area (Å²) in [6, 6.07) is 18.4. The SMILES string of the molecule is CNC(=O)c1cc(Oc2ccc3nc(NC[C@@H](O)c4ccccc4)sc3c2)ccn1. The van der Waals surface area contributed by atoms with Crippen molar-refractivity contribution in [1.82, 2.24) is 15.3 Å². The molecule has 0 saturated carbocycles. The number of hydrogen-bond acceptors (Lipinski definition) is 7. The van der Waals surface area contributed by atoms with E-state index in [1.807, 2.05) is 48.5 Å². The molecule has 7 nitrogen and oxygen atoms in total. The molecule has 0 aliphatic heterocycles. The lowest BCUT2D eigenvalue weighted by atomic mass is 10.1. The minimum atomic E-state index is -0.613. The number of rotatable bonds is 7. The first-order valence-electron chi connectivity index (χ1n) is 9.36. The summed E-state index contributed by atoms with van der Waals surface area (Å²) in [6.45, 7) is 0.368. The molecule has 2 aromatic carbocycles. The van der Waals surface area contributed by atoms with Gasteiger partial charge in [-0.15, -0.1) is 0 Å². The van der Waals surface area contributed by atoms with Crippen LogP contribution >= 0.6 is 11.3 Å². The van der Waals surface area contributed by atoms with Crippen LogP contribution < -0.4 is 15.4 Å². The third kappa shape index (κ3) is 4.56. The topological polar surface area (TPSA) is 96.4 Å². The quantitative estimate of drug-likeness (QED) is 0.418. The average Bonchev–Trinajstić information content (AvgIpc) is 3.20. The number of aliphatic hydroxyl groups is 1. The average molecular weight is 420 g/mol. The number of nitrogens with zero attached hydrogens (tertiary/aromatic N) is 2. The van der Waals surface area contributed by atoms with E-state index in [-0.39, 0.29) is 11.6 Å². The second kappa shape index (κ2) is 8.89. The molecule has 0 radical (unpaired) electrons. The Morgan fingerprint density at radius 1 is 1.13 bits per heavy atom. The van der Waals surface area contributed by atoms with Gasteiger partial charge in [0.1, 0.15) is 17.2 Å². The molecule has 3 N–H and O–H groups in total. The number of thiazole rings is 1. The molecule has 0 spiro atoms. The number of benzene rings is 2. The molecule has 0 saturated heterocycles. The van der Waals surface area contributed by atoms with Crippen molar-refractivity contribution >= 4 is 32.6 Å². The molecule has 0 unspecified atom stereocenters. The van der Waals surface area contributed by atoms with Gasteiger partial charge in [-0.1, -0.05) is 41.7 Å². The first-order chi connectivity index (χ1) is 14.6. The number of fused-ring (bicyclic) bond motifs is 1. The van der Waals surface area contributed by atoms with Crippen LogP contribution in [0.15, 0.2) is 66.9 Å². The van der Waals surface area contributed by atoms with Crippen LogP contribution in [0.2, 0.25) is 0 Å². The summed E-state index contributed by atoms with van der Waals surface area (Å²) >= 11 is 1.48. The number of ether oxygens (including phenoxy) is 1. The van der Waals surface area contributed by atoms with Crippen LogP contribution in [0.5, 0.6) is 11.5 Å². The molecule has 0 aliphatic carbocycles. The third-order valence-electron chi connectivity index (χ3n) is 4.42. The lowest BCUT2D eigenvalue weighted by Gasteiger charge is -2.10. The molecular weight excluding hydrogens is 400 g/mol. The zero-order chi connectivity index (χ0) is 20.9. The van der Waals surface area contributed by atoms with E-state index < -0.39 is 6.10 Å². The molecule has 4 aromatic rings. The highest BCUT2D eigenvalue weighted by molar-refractivity contribution is 7.22. The van der Waals surface area contributed by atoms with Crippen molar-refractivity contribution in [2.24, 2.45) is 0 Å². The van der Waals surface area contributed by atoms with E-state index in [0.717, 1.165) is 20.9 Å². The van der Waals surface area contributed by atoms with Gasteiger partial charge in [-0.3, -0.25) is 9.78 Å². The van der Waals surface area contributed by atoms with E-state index in [2.05, 4.69) is 20.6 Å². The van der Waals surface area contributed by atoms with Gasteiger partial charge in [-0.05, 0) is 23.8 Å². The van der Waals surface area contributed by atoms with E-state index in [1.165, 1.54) is 17.5 Å². The zero-order valence-electron chi connectivity index (χ0n) is 16.2. The molecule has 1 amide bonds. The van der Waals surface area contributed by atoms with Gasteiger partial charge < -0.3 is 20.5 Å². The van der Waals surface area contributed by atoms with Crippen molar-refractivity contribution in [3.8, 4) is 11.5 Å². The summed E-state index contributed by atoms with van der Waals surface area (Å²) < 4.78 is 6.83. The normalized spacial score (nSPS) is 11.8. The van der Waals surface area contributed by atoms with Gasteiger partial charge in [-0.2, -0.15) is 0 Å². The highest BCUT2D eigenvalue weighted by atomic mass is 32.1. The van der Waals surface area contributed by atoms with Crippen molar-refractivity contribution in [1.29, 1.82) is 0 Å². The molecule has 0 bridgehead atoms. The van der Waals surface area contributed by atoms with Crippen LogP contribution in [0, 0.1) is 0 Å². The number of hydrogen-bond donors (Lipinski definition) is 3. The highest BCUT2D eigenvalue weighted by Crippen LogP contribution is 2.31. The molecule has 1 atom stereocenters. The highest BCUT2D eigenvalue weighted by Gasteiger charge is 2.11. The number of carbonyl (C=O) groups excluding carboxylic acids is 1. The maximum absolute atomic E-state index is 11.7.